The van der Waals surface area contributed by atoms with Crippen molar-refractivity contribution in [3.05, 3.63) is 12.2 Å². The number of hydrogen-bond acceptors (Lipinski definition) is 3. The zero-order chi connectivity index (χ0) is 13.7. The lowest BCUT2D eigenvalue weighted by Gasteiger charge is -2.37. The van der Waals surface area contributed by atoms with Crippen molar-refractivity contribution in [3.8, 4) is 0 Å². The van der Waals surface area contributed by atoms with Gasteiger partial charge in [-0.15, -0.1) is 0 Å². The molecular formula is C13H22N2O3. The average Bonchev–Trinajstić information content (AvgIpc) is 2.30. The van der Waals surface area contributed by atoms with Crippen LogP contribution in [0.1, 0.15) is 27.2 Å². The SMILES string of the molecule is C=C(C)COCCN1C(=O)C(C)NC(=O)C1CC. The highest BCUT2D eigenvalue weighted by Crippen LogP contribution is 2.12. The van der Waals surface area contributed by atoms with E-state index in [9.17, 15) is 9.59 Å². The van der Waals surface area contributed by atoms with Gasteiger partial charge in [0.2, 0.25) is 11.8 Å². The van der Waals surface area contributed by atoms with Crippen molar-refractivity contribution in [1.29, 1.82) is 0 Å². The summed E-state index contributed by atoms with van der Waals surface area (Å²) < 4.78 is 5.38. The van der Waals surface area contributed by atoms with Gasteiger partial charge in [0.15, 0.2) is 0 Å². The predicted molar refractivity (Wildman–Crippen MR) is 69.0 cm³/mol. The number of ether oxygens (including phenoxy) is 1. The summed E-state index contributed by atoms with van der Waals surface area (Å²) in [5.41, 5.74) is 0.943. The van der Waals surface area contributed by atoms with E-state index in [-0.39, 0.29) is 17.9 Å². The Kier molecular flexibility index (Phi) is 5.34. The fourth-order valence-electron chi connectivity index (χ4n) is 2.00. The second-order valence-electron chi connectivity index (χ2n) is 4.70. The van der Waals surface area contributed by atoms with Crippen LogP contribution < -0.4 is 5.32 Å². The Labute approximate surface area is 108 Å². The third kappa shape index (κ3) is 3.57. The van der Waals surface area contributed by atoms with Crippen molar-refractivity contribution in [2.75, 3.05) is 19.8 Å². The summed E-state index contributed by atoms with van der Waals surface area (Å²) in [6, 6.07) is -0.816. The summed E-state index contributed by atoms with van der Waals surface area (Å²) in [6.45, 7) is 10.6. The molecule has 1 N–H and O–H groups in total. The molecule has 0 aromatic heterocycles. The van der Waals surface area contributed by atoms with Crippen molar-refractivity contribution in [2.24, 2.45) is 0 Å². The van der Waals surface area contributed by atoms with Gasteiger partial charge < -0.3 is 15.0 Å². The molecule has 1 rings (SSSR count). The molecule has 2 atom stereocenters. The van der Waals surface area contributed by atoms with E-state index in [1.54, 1.807) is 11.8 Å². The van der Waals surface area contributed by atoms with Crippen LogP contribution in [-0.2, 0) is 14.3 Å². The molecule has 0 radical (unpaired) electrons. The summed E-state index contributed by atoms with van der Waals surface area (Å²) in [4.78, 5) is 25.4. The standard InChI is InChI=1S/C13H22N2O3/c1-5-11-12(16)14-10(4)13(17)15(11)6-7-18-8-9(2)3/h10-11H,2,5-8H2,1,3-4H3,(H,14,16). The highest BCUT2D eigenvalue weighted by molar-refractivity contribution is 5.96. The van der Waals surface area contributed by atoms with E-state index < -0.39 is 6.04 Å². The van der Waals surface area contributed by atoms with Crippen LogP contribution in [0.5, 0.6) is 0 Å². The number of nitrogens with one attached hydrogen (secondary N) is 1. The number of carbonyl (C=O) groups is 2. The number of hydrogen-bond donors (Lipinski definition) is 1. The lowest BCUT2D eigenvalue weighted by molar-refractivity contribution is -0.149. The van der Waals surface area contributed by atoms with E-state index in [1.807, 2.05) is 13.8 Å². The van der Waals surface area contributed by atoms with Crippen LogP contribution >= 0.6 is 0 Å². The zero-order valence-corrected chi connectivity index (χ0v) is 11.4. The van der Waals surface area contributed by atoms with Gasteiger partial charge in [-0.2, -0.15) is 0 Å². The molecule has 0 aliphatic carbocycles. The second-order valence-corrected chi connectivity index (χ2v) is 4.70. The van der Waals surface area contributed by atoms with Crippen molar-refractivity contribution >= 4 is 11.8 Å². The van der Waals surface area contributed by atoms with Gasteiger partial charge in [0.1, 0.15) is 12.1 Å². The first-order chi connectivity index (χ1) is 8.47. The van der Waals surface area contributed by atoms with Gasteiger partial charge in [-0.25, -0.2) is 0 Å². The zero-order valence-electron chi connectivity index (χ0n) is 11.4. The lowest BCUT2D eigenvalue weighted by atomic mass is 10.1. The quantitative estimate of drug-likeness (QED) is 0.561. The molecule has 1 aliphatic heterocycles. The molecule has 0 aromatic rings. The van der Waals surface area contributed by atoms with Crippen LogP contribution in [0.4, 0.5) is 0 Å². The van der Waals surface area contributed by atoms with Crippen LogP contribution in [0, 0.1) is 0 Å². The summed E-state index contributed by atoms with van der Waals surface area (Å²) in [5, 5.41) is 2.68. The number of nitrogens with zero attached hydrogens (tertiary/aromatic N) is 1. The minimum atomic E-state index is -0.443. The molecule has 102 valence electrons. The molecule has 2 unspecified atom stereocenters. The first kappa shape index (κ1) is 14.7. The van der Waals surface area contributed by atoms with Gasteiger partial charge in [0.25, 0.3) is 0 Å². The largest absolute Gasteiger partial charge is 0.375 e. The fourth-order valence-corrected chi connectivity index (χ4v) is 2.00. The van der Waals surface area contributed by atoms with Gasteiger partial charge in [-0.1, -0.05) is 19.1 Å². The number of carbonyl (C=O) groups excluding carboxylic acids is 2. The molecule has 1 saturated heterocycles. The summed E-state index contributed by atoms with van der Waals surface area (Å²) in [6.07, 6.45) is 0.616. The van der Waals surface area contributed by atoms with Gasteiger partial charge in [-0.3, -0.25) is 9.59 Å². The molecule has 2 amide bonds. The molecule has 1 fully saturated rings. The molecule has 0 spiro atoms. The first-order valence-electron chi connectivity index (χ1n) is 6.30. The molecule has 5 nitrogen and oxygen atoms in total. The van der Waals surface area contributed by atoms with Crippen molar-refractivity contribution in [1.82, 2.24) is 10.2 Å². The lowest BCUT2D eigenvalue weighted by Crippen LogP contribution is -2.62. The smallest absolute Gasteiger partial charge is 0.245 e. The number of rotatable bonds is 6. The Morgan fingerprint density at radius 1 is 1.50 bits per heavy atom. The molecule has 0 saturated carbocycles. The van der Waals surface area contributed by atoms with E-state index in [0.717, 1.165) is 5.57 Å². The van der Waals surface area contributed by atoms with Crippen LogP contribution in [0.3, 0.4) is 0 Å². The maximum atomic E-state index is 12.0. The highest BCUT2D eigenvalue weighted by atomic mass is 16.5. The maximum absolute atomic E-state index is 12.0. The topological polar surface area (TPSA) is 58.6 Å². The number of amides is 2. The average molecular weight is 254 g/mol. The van der Waals surface area contributed by atoms with Crippen LogP contribution in [0.2, 0.25) is 0 Å². The molecule has 0 bridgehead atoms. The van der Waals surface area contributed by atoms with E-state index in [2.05, 4.69) is 11.9 Å². The van der Waals surface area contributed by atoms with Crippen molar-refractivity contribution < 1.29 is 14.3 Å². The third-order valence-electron chi connectivity index (χ3n) is 2.90. The first-order valence-corrected chi connectivity index (χ1v) is 6.30. The van der Waals surface area contributed by atoms with Gasteiger partial charge in [0, 0.05) is 6.54 Å². The monoisotopic (exact) mass is 254 g/mol. The van der Waals surface area contributed by atoms with Crippen LogP contribution in [0.15, 0.2) is 12.2 Å². The summed E-state index contributed by atoms with van der Waals surface area (Å²) >= 11 is 0. The molecule has 18 heavy (non-hydrogen) atoms. The molecular weight excluding hydrogens is 232 g/mol. The summed E-state index contributed by atoms with van der Waals surface area (Å²) in [7, 11) is 0. The molecule has 1 aliphatic rings. The Bertz CT molecular complexity index is 341. The van der Waals surface area contributed by atoms with Crippen molar-refractivity contribution in [2.45, 2.75) is 39.3 Å². The highest BCUT2D eigenvalue weighted by Gasteiger charge is 2.36. The van der Waals surface area contributed by atoms with Crippen LogP contribution in [0.25, 0.3) is 0 Å². The second kappa shape index (κ2) is 6.54. The normalized spacial score (nSPS) is 24.1. The van der Waals surface area contributed by atoms with E-state index in [0.29, 0.717) is 26.2 Å². The summed E-state index contributed by atoms with van der Waals surface area (Å²) in [5.74, 6) is -0.120. The predicted octanol–water partition coefficient (Wildman–Crippen LogP) is 0.705. The van der Waals surface area contributed by atoms with Gasteiger partial charge >= 0.3 is 0 Å². The van der Waals surface area contributed by atoms with Crippen LogP contribution in [-0.4, -0.2) is 48.6 Å². The minimum absolute atomic E-state index is 0.0413. The van der Waals surface area contributed by atoms with E-state index in [4.69, 9.17) is 4.74 Å². The van der Waals surface area contributed by atoms with Crippen molar-refractivity contribution in [3.63, 3.8) is 0 Å². The minimum Gasteiger partial charge on any atom is -0.375 e. The number of piperazine rings is 1. The Morgan fingerprint density at radius 2 is 2.17 bits per heavy atom. The maximum Gasteiger partial charge on any atom is 0.245 e. The third-order valence-corrected chi connectivity index (χ3v) is 2.90. The Morgan fingerprint density at radius 3 is 2.72 bits per heavy atom. The Hall–Kier alpha value is -1.36. The van der Waals surface area contributed by atoms with E-state index >= 15 is 0 Å². The Balaban J connectivity index is 2.55. The van der Waals surface area contributed by atoms with Gasteiger partial charge in [-0.05, 0) is 20.3 Å². The fraction of sp³-hybridized carbons (Fsp3) is 0.692. The molecule has 1 heterocycles. The molecule has 5 heteroatoms. The molecule has 0 aromatic carbocycles. The van der Waals surface area contributed by atoms with Gasteiger partial charge in [0.05, 0.1) is 13.2 Å². The van der Waals surface area contributed by atoms with E-state index in [1.165, 1.54) is 0 Å².